The van der Waals surface area contributed by atoms with Gasteiger partial charge in [-0.3, -0.25) is 4.79 Å². The zero-order valence-electron chi connectivity index (χ0n) is 7.66. The lowest BCUT2D eigenvalue weighted by molar-refractivity contribution is -0.118. The molecule has 0 radical (unpaired) electrons. The summed E-state index contributed by atoms with van der Waals surface area (Å²) in [5.74, 6) is -0.282. The summed E-state index contributed by atoms with van der Waals surface area (Å²) in [5.41, 5.74) is 6.08. The van der Waals surface area contributed by atoms with Crippen molar-refractivity contribution in [2.45, 2.75) is 19.4 Å². The molecule has 0 fully saturated rings. The lowest BCUT2D eigenvalue weighted by Gasteiger charge is -2.12. The van der Waals surface area contributed by atoms with Crippen molar-refractivity contribution < 1.29 is 4.79 Å². The summed E-state index contributed by atoms with van der Waals surface area (Å²) < 4.78 is 0. The van der Waals surface area contributed by atoms with Gasteiger partial charge in [-0.1, -0.05) is 18.2 Å². The van der Waals surface area contributed by atoms with Crippen LogP contribution in [0.3, 0.4) is 0 Å². The molecule has 0 aliphatic rings. The number of nitrogens with one attached hydrogen (secondary N) is 1. The molecule has 0 bridgehead atoms. The summed E-state index contributed by atoms with van der Waals surface area (Å²) in [4.78, 5) is 10.6. The second kappa shape index (κ2) is 4.50. The van der Waals surface area contributed by atoms with Crippen LogP contribution in [0.4, 0.5) is 5.69 Å². The number of hydrogen-bond donors (Lipinski definition) is 2. The first kappa shape index (κ1) is 9.58. The summed E-state index contributed by atoms with van der Waals surface area (Å²) in [6.07, 6.45) is 0.356. The molecule has 1 amide bonds. The van der Waals surface area contributed by atoms with Gasteiger partial charge in [-0.2, -0.15) is 0 Å². The maximum Gasteiger partial charge on any atom is 0.219 e. The van der Waals surface area contributed by atoms with Gasteiger partial charge in [0.15, 0.2) is 0 Å². The Morgan fingerprint density at radius 2 is 2.08 bits per heavy atom. The molecule has 3 heteroatoms. The molecule has 3 N–H and O–H groups in total. The first-order valence-corrected chi connectivity index (χ1v) is 4.28. The van der Waals surface area contributed by atoms with Crippen molar-refractivity contribution in [1.29, 1.82) is 0 Å². The fraction of sp³-hybridized carbons (Fsp3) is 0.300. The van der Waals surface area contributed by atoms with E-state index in [1.807, 2.05) is 37.3 Å². The van der Waals surface area contributed by atoms with Gasteiger partial charge in [-0.05, 0) is 19.1 Å². The number of hydrogen-bond acceptors (Lipinski definition) is 2. The highest BCUT2D eigenvalue weighted by atomic mass is 16.1. The maximum atomic E-state index is 10.6. The van der Waals surface area contributed by atoms with Gasteiger partial charge in [0.2, 0.25) is 5.91 Å². The van der Waals surface area contributed by atoms with Gasteiger partial charge in [0.25, 0.3) is 0 Å². The average molecular weight is 178 g/mol. The molecule has 0 saturated heterocycles. The van der Waals surface area contributed by atoms with Crippen molar-refractivity contribution in [2.24, 2.45) is 5.73 Å². The minimum atomic E-state index is -0.282. The van der Waals surface area contributed by atoms with Crippen molar-refractivity contribution in [2.75, 3.05) is 5.32 Å². The van der Waals surface area contributed by atoms with E-state index < -0.39 is 0 Å². The van der Waals surface area contributed by atoms with Crippen molar-refractivity contribution in [3.8, 4) is 0 Å². The van der Waals surface area contributed by atoms with Gasteiger partial charge in [0.1, 0.15) is 0 Å². The number of amides is 1. The predicted molar refractivity (Wildman–Crippen MR) is 53.3 cm³/mol. The molecule has 1 aromatic rings. The Morgan fingerprint density at radius 1 is 1.46 bits per heavy atom. The van der Waals surface area contributed by atoms with Gasteiger partial charge in [-0.15, -0.1) is 0 Å². The quantitative estimate of drug-likeness (QED) is 0.731. The lowest BCUT2D eigenvalue weighted by atomic mass is 10.2. The SMILES string of the molecule is C[C@@H](CC(N)=O)Nc1ccccc1. The zero-order chi connectivity index (χ0) is 9.68. The number of nitrogens with two attached hydrogens (primary N) is 1. The smallest absolute Gasteiger partial charge is 0.219 e. The molecule has 0 aliphatic carbocycles. The van der Waals surface area contributed by atoms with E-state index in [-0.39, 0.29) is 11.9 Å². The van der Waals surface area contributed by atoms with E-state index in [9.17, 15) is 4.79 Å². The molecule has 13 heavy (non-hydrogen) atoms. The number of anilines is 1. The Labute approximate surface area is 77.9 Å². The molecule has 0 saturated carbocycles. The molecule has 1 rings (SSSR count). The summed E-state index contributed by atoms with van der Waals surface area (Å²) in [5, 5.41) is 3.17. The van der Waals surface area contributed by atoms with Crippen molar-refractivity contribution in [1.82, 2.24) is 0 Å². The molecule has 1 aromatic carbocycles. The van der Waals surface area contributed by atoms with E-state index in [4.69, 9.17) is 5.73 Å². The third-order valence-electron chi connectivity index (χ3n) is 1.69. The number of primary amides is 1. The van der Waals surface area contributed by atoms with E-state index in [0.717, 1.165) is 5.69 Å². The summed E-state index contributed by atoms with van der Waals surface area (Å²) >= 11 is 0. The molecular weight excluding hydrogens is 164 g/mol. The van der Waals surface area contributed by atoms with Crippen LogP contribution in [0.1, 0.15) is 13.3 Å². The van der Waals surface area contributed by atoms with E-state index >= 15 is 0 Å². The standard InChI is InChI=1S/C10H14N2O/c1-8(7-10(11)13)12-9-5-3-2-4-6-9/h2-6,8,12H,7H2,1H3,(H2,11,13)/t8-/m0/s1. The van der Waals surface area contributed by atoms with E-state index in [0.29, 0.717) is 6.42 Å². The van der Waals surface area contributed by atoms with Crippen molar-refractivity contribution >= 4 is 11.6 Å². The number of rotatable bonds is 4. The van der Waals surface area contributed by atoms with Gasteiger partial charge in [0.05, 0.1) is 0 Å². The molecule has 3 nitrogen and oxygen atoms in total. The predicted octanol–water partition coefficient (Wildman–Crippen LogP) is 1.36. The van der Waals surface area contributed by atoms with Gasteiger partial charge in [-0.25, -0.2) is 0 Å². The average Bonchev–Trinajstić information content (AvgIpc) is 2.04. The van der Waals surface area contributed by atoms with Gasteiger partial charge < -0.3 is 11.1 Å². The first-order chi connectivity index (χ1) is 6.18. The van der Waals surface area contributed by atoms with E-state index in [1.165, 1.54) is 0 Å². The van der Waals surface area contributed by atoms with Crippen LogP contribution in [-0.2, 0) is 4.79 Å². The number of benzene rings is 1. The Morgan fingerprint density at radius 3 is 2.62 bits per heavy atom. The van der Waals surface area contributed by atoms with Crippen LogP contribution < -0.4 is 11.1 Å². The van der Waals surface area contributed by atoms with Gasteiger partial charge in [0, 0.05) is 18.2 Å². The minimum Gasteiger partial charge on any atom is -0.382 e. The monoisotopic (exact) mass is 178 g/mol. The summed E-state index contributed by atoms with van der Waals surface area (Å²) in [6.45, 7) is 1.93. The second-order valence-corrected chi connectivity index (χ2v) is 3.08. The summed E-state index contributed by atoms with van der Waals surface area (Å²) in [6, 6.07) is 9.83. The molecule has 0 unspecified atom stereocenters. The van der Waals surface area contributed by atoms with Crippen LogP contribution in [0.25, 0.3) is 0 Å². The summed E-state index contributed by atoms with van der Waals surface area (Å²) in [7, 11) is 0. The highest BCUT2D eigenvalue weighted by Gasteiger charge is 2.04. The van der Waals surface area contributed by atoms with Crippen LogP contribution in [0.2, 0.25) is 0 Å². The number of para-hydroxylation sites is 1. The van der Waals surface area contributed by atoms with Crippen molar-refractivity contribution in [3.05, 3.63) is 30.3 Å². The zero-order valence-corrected chi connectivity index (χ0v) is 7.66. The third-order valence-corrected chi connectivity index (χ3v) is 1.69. The van der Waals surface area contributed by atoms with E-state index in [2.05, 4.69) is 5.32 Å². The van der Waals surface area contributed by atoms with Crippen LogP contribution >= 0.6 is 0 Å². The Bertz CT molecular complexity index is 272. The number of carbonyl (C=O) groups is 1. The van der Waals surface area contributed by atoms with Crippen molar-refractivity contribution in [3.63, 3.8) is 0 Å². The van der Waals surface area contributed by atoms with Gasteiger partial charge >= 0.3 is 0 Å². The Kier molecular flexibility index (Phi) is 3.31. The molecule has 0 aliphatic heterocycles. The normalized spacial score (nSPS) is 12.1. The molecule has 0 heterocycles. The molecule has 0 aromatic heterocycles. The fourth-order valence-corrected chi connectivity index (χ4v) is 1.17. The van der Waals surface area contributed by atoms with Crippen LogP contribution in [-0.4, -0.2) is 11.9 Å². The topological polar surface area (TPSA) is 55.1 Å². The Balaban J connectivity index is 2.45. The van der Waals surface area contributed by atoms with Crippen LogP contribution in [0, 0.1) is 0 Å². The van der Waals surface area contributed by atoms with Crippen LogP contribution in [0.5, 0.6) is 0 Å². The highest BCUT2D eigenvalue weighted by Crippen LogP contribution is 2.07. The van der Waals surface area contributed by atoms with Crippen LogP contribution in [0.15, 0.2) is 30.3 Å². The maximum absolute atomic E-state index is 10.6. The third kappa shape index (κ3) is 3.60. The largest absolute Gasteiger partial charge is 0.382 e. The second-order valence-electron chi connectivity index (χ2n) is 3.08. The van der Waals surface area contributed by atoms with E-state index in [1.54, 1.807) is 0 Å². The molecule has 0 spiro atoms. The molecule has 1 atom stereocenters. The highest BCUT2D eigenvalue weighted by molar-refractivity contribution is 5.74. The minimum absolute atomic E-state index is 0.0832. The number of carbonyl (C=O) groups excluding carboxylic acids is 1. The fourth-order valence-electron chi connectivity index (χ4n) is 1.17. The molecule has 70 valence electrons. The first-order valence-electron chi connectivity index (χ1n) is 4.28. The lowest BCUT2D eigenvalue weighted by Crippen LogP contribution is -2.23. The molecular formula is C10H14N2O. The Hall–Kier alpha value is -1.51.